The van der Waals surface area contributed by atoms with Crippen molar-refractivity contribution in [3.05, 3.63) is 0 Å². The first-order chi connectivity index (χ1) is 0. The molecule has 13 heavy (non-hydrogen) atoms. The molecule has 0 fully saturated rings. The minimum absolute atomic E-state index is 0. The summed E-state index contributed by atoms with van der Waals surface area (Å²) in [6.45, 7) is 0. The summed E-state index contributed by atoms with van der Waals surface area (Å²) < 4.78 is 0. The number of rotatable bonds is 0. The molecule has 0 rings (SSSR count). The fourth-order valence-corrected chi connectivity index (χ4v) is 0. The van der Waals surface area contributed by atoms with Gasteiger partial charge >= 0.3 is 35.6 Å². The van der Waals surface area contributed by atoms with Gasteiger partial charge in [0.2, 0.25) is 0 Å². The Morgan fingerprint density at radius 3 is 0.231 bits per heavy atom. The minimum atomic E-state index is 0. The van der Waals surface area contributed by atoms with E-state index >= 15 is 0 Å². The average Bonchev–Trinajstić information content (AvgIpc) is 0. The van der Waals surface area contributed by atoms with E-state index in [1.54, 1.807) is 0 Å². The molecule has 0 spiro atoms. The molecule has 0 bridgehead atoms. The first-order valence-corrected chi connectivity index (χ1v) is 0. The van der Waals surface area contributed by atoms with Crippen molar-refractivity contribution in [3.63, 3.8) is 0 Å². The Morgan fingerprint density at radius 2 is 0.231 bits per heavy atom. The van der Waals surface area contributed by atoms with E-state index in [0.29, 0.717) is 0 Å². The maximum absolute atomic E-state index is 0. The van der Waals surface area contributed by atoms with Crippen molar-refractivity contribution >= 4 is 0 Å². The van der Waals surface area contributed by atoms with Crippen LogP contribution in [0.5, 0.6) is 0 Å². The summed E-state index contributed by atoms with van der Waals surface area (Å²) in [5.41, 5.74) is 0. The van der Waals surface area contributed by atoms with Crippen LogP contribution in [0.15, 0.2) is 0 Å². The summed E-state index contributed by atoms with van der Waals surface area (Å²) in [7, 11) is 0. The van der Waals surface area contributed by atoms with Crippen molar-refractivity contribution < 1.29 is 141 Å². The topological polar surface area (TPSA) is 256 Å². The second kappa shape index (κ2) is 402. The third kappa shape index (κ3) is 345. The quantitative estimate of drug-likeness (QED) is 0.439. The zero-order valence-electron chi connectivity index (χ0n) is 5.59. The summed E-state index contributed by atoms with van der Waals surface area (Å²) in [6.07, 6.45) is 0. The van der Waals surface area contributed by atoms with Crippen molar-refractivity contribution in [1.82, 2.24) is 0 Å². The molecule has 0 aromatic rings. The Morgan fingerprint density at radius 1 is 0.231 bits per heavy atom. The zero-order chi connectivity index (χ0) is 0. The molecular formula is LaO9V3-15. The van der Waals surface area contributed by atoms with E-state index in [2.05, 4.69) is 0 Å². The van der Waals surface area contributed by atoms with Crippen LogP contribution in [-0.2, 0) is 105 Å². The predicted octanol–water partition coefficient (Wildman–Crippen LogP) is -1.08. The minimum Gasteiger partial charge on any atom is -2.00 e. The van der Waals surface area contributed by atoms with E-state index in [1.165, 1.54) is 0 Å². The molecule has 0 aromatic heterocycles. The van der Waals surface area contributed by atoms with Gasteiger partial charge in [0.05, 0.1) is 0 Å². The summed E-state index contributed by atoms with van der Waals surface area (Å²) in [5.74, 6) is 0. The Labute approximate surface area is 139 Å². The van der Waals surface area contributed by atoms with Crippen LogP contribution in [0, 0.1) is 35.6 Å². The van der Waals surface area contributed by atoms with Crippen LogP contribution in [-0.4, -0.2) is 0 Å². The molecule has 0 aromatic carbocycles. The van der Waals surface area contributed by atoms with Gasteiger partial charge in [-0.05, 0) is 0 Å². The van der Waals surface area contributed by atoms with Crippen LogP contribution in [0.1, 0.15) is 0 Å². The average molecular weight is 436 g/mol. The van der Waals surface area contributed by atoms with Gasteiger partial charge in [-0.3, -0.25) is 0 Å². The van der Waals surface area contributed by atoms with E-state index in [-0.39, 0.29) is 141 Å². The van der Waals surface area contributed by atoms with Crippen molar-refractivity contribution in [2.75, 3.05) is 0 Å². The van der Waals surface area contributed by atoms with Crippen molar-refractivity contribution in [3.8, 4) is 0 Å². The summed E-state index contributed by atoms with van der Waals surface area (Å²) in [4.78, 5) is 0. The van der Waals surface area contributed by atoms with Gasteiger partial charge in [0, 0.05) is 55.7 Å². The standard InChI is InChI=1S/La.9O.3V/q+3;9*-2;;;. The summed E-state index contributed by atoms with van der Waals surface area (Å²) in [5, 5.41) is 0. The number of hydrogen-bond acceptors (Lipinski definition) is 0. The van der Waals surface area contributed by atoms with Crippen molar-refractivity contribution in [2.24, 2.45) is 0 Å². The van der Waals surface area contributed by atoms with Crippen LogP contribution >= 0.6 is 0 Å². The molecule has 0 N–H and O–H groups in total. The molecule has 0 aliphatic rings. The van der Waals surface area contributed by atoms with Crippen LogP contribution in [0.4, 0.5) is 0 Å². The van der Waals surface area contributed by atoms with Gasteiger partial charge in [-0.15, -0.1) is 0 Å². The smallest absolute Gasteiger partial charge is 2.00 e. The monoisotopic (exact) mass is 436 g/mol. The molecule has 0 saturated carbocycles. The van der Waals surface area contributed by atoms with Gasteiger partial charge in [-0.25, -0.2) is 0 Å². The predicted molar refractivity (Wildman–Crippen MR) is 6.18 cm³/mol. The molecule has 3 radical (unpaired) electrons. The van der Waals surface area contributed by atoms with E-state index in [1.807, 2.05) is 0 Å². The third-order valence-corrected chi connectivity index (χ3v) is 0. The van der Waals surface area contributed by atoms with Crippen LogP contribution in [0.25, 0.3) is 0 Å². The van der Waals surface area contributed by atoms with Gasteiger partial charge in [0.15, 0.2) is 0 Å². The first kappa shape index (κ1) is 495. The van der Waals surface area contributed by atoms with E-state index in [0.717, 1.165) is 0 Å². The summed E-state index contributed by atoms with van der Waals surface area (Å²) >= 11 is 0. The summed E-state index contributed by atoms with van der Waals surface area (Å²) in [6, 6.07) is 0. The maximum Gasteiger partial charge on any atom is 3.00 e. The molecule has 0 atom stereocenters. The zero-order valence-corrected chi connectivity index (χ0v) is 13.4. The fraction of sp³-hybridized carbons (Fsp3) is 0. The Bertz CT molecular complexity index is 14.8. The van der Waals surface area contributed by atoms with Gasteiger partial charge in [-0.1, -0.05) is 0 Å². The van der Waals surface area contributed by atoms with E-state index in [4.69, 9.17) is 0 Å². The SMILES string of the molecule is [La+3].[O-2].[O-2].[O-2].[O-2].[O-2].[O-2].[O-2].[O-2].[O-2].[V].[V].[V]. The molecule has 0 aliphatic heterocycles. The third-order valence-electron chi connectivity index (χ3n) is 0. The Balaban J connectivity index is 0. The molecule has 0 heterocycles. The second-order valence-electron chi connectivity index (χ2n) is 0. The van der Waals surface area contributed by atoms with Crippen LogP contribution < -0.4 is 0 Å². The van der Waals surface area contributed by atoms with Gasteiger partial charge < -0.3 is 49.3 Å². The van der Waals surface area contributed by atoms with Gasteiger partial charge in [0.1, 0.15) is 0 Å². The van der Waals surface area contributed by atoms with Crippen LogP contribution in [0.3, 0.4) is 0 Å². The molecule has 0 aliphatic carbocycles. The second-order valence-corrected chi connectivity index (χ2v) is 0. The molecule has 0 unspecified atom stereocenters. The fourth-order valence-electron chi connectivity index (χ4n) is 0. The maximum atomic E-state index is 0. The Hall–Kier alpha value is 2.59. The largest absolute Gasteiger partial charge is 3.00 e. The van der Waals surface area contributed by atoms with Crippen LogP contribution in [0.2, 0.25) is 0 Å². The molecule has 13 heteroatoms. The number of hydrogen-bond donors (Lipinski definition) is 0. The van der Waals surface area contributed by atoms with E-state index < -0.39 is 0 Å². The first-order valence-electron chi connectivity index (χ1n) is 0. The molecule has 0 amide bonds. The Kier molecular flexibility index (Phi) is 15300. The normalized spacial score (nSPS) is 0. The molecular weight excluding hydrogens is 436 g/mol. The van der Waals surface area contributed by atoms with Gasteiger partial charge in [-0.2, -0.15) is 0 Å². The molecule has 0 saturated heterocycles. The van der Waals surface area contributed by atoms with Gasteiger partial charge in [0.25, 0.3) is 0 Å². The van der Waals surface area contributed by atoms with Crippen molar-refractivity contribution in [2.45, 2.75) is 0 Å². The molecule has 9 nitrogen and oxygen atoms in total. The van der Waals surface area contributed by atoms with Crippen molar-refractivity contribution in [1.29, 1.82) is 0 Å². The van der Waals surface area contributed by atoms with E-state index in [9.17, 15) is 0 Å². The molecule has 87 valence electrons.